The van der Waals surface area contributed by atoms with Crippen molar-refractivity contribution in [3.63, 3.8) is 0 Å². The first kappa shape index (κ1) is 9.98. The molecule has 0 spiro atoms. The molecule has 0 saturated carbocycles. The van der Waals surface area contributed by atoms with Gasteiger partial charge in [-0.25, -0.2) is 4.79 Å². The molecule has 0 aromatic heterocycles. The number of nitrogens with two attached hydrogens (primary N) is 1. The van der Waals surface area contributed by atoms with Crippen molar-refractivity contribution >= 4 is 11.7 Å². The zero-order valence-electron chi connectivity index (χ0n) is 8.53. The van der Waals surface area contributed by atoms with Crippen molar-refractivity contribution in [2.75, 3.05) is 18.9 Å². The highest BCUT2D eigenvalue weighted by atomic mass is 16.6. The highest BCUT2D eigenvalue weighted by molar-refractivity contribution is 5.91. The maximum absolute atomic E-state index is 11.7. The molecule has 15 heavy (non-hydrogen) atoms. The van der Waals surface area contributed by atoms with Gasteiger partial charge >= 0.3 is 5.97 Å². The van der Waals surface area contributed by atoms with E-state index in [4.69, 9.17) is 15.2 Å². The van der Waals surface area contributed by atoms with E-state index in [1.54, 1.807) is 18.2 Å². The molecule has 80 valence electrons. The van der Waals surface area contributed by atoms with Gasteiger partial charge in [-0.3, -0.25) is 0 Å². The van der Waals surface area contributed by atoms with Crippen molar-refractivity contribution in [2.24, 2.45) is 0 Å². The molecule has 1 fully saturated rings. The molecule has 0 bridgehead atoms. The summed E-state index contributed by atoms with van der Waals surface area (Å²) >= 11 is 0. The van der Waals surface area contributed by atoms with E-state index in [1.165, 1.54) is 0 Å². The van der Waals surface area contributed by atoms with Gasteiger partial charge in [-0.1, -0.05) is 0 Å². The number of rotatable bonds is 2. The average Bonchev–Trinajstić information content (AvgIpc) is 2.11. The quantitative estimate of drug-likeness (QED) is 0.583. The number of nitrogen functional groups attached to an aromatic ring is 1. The Hall–Kier alpha value is -1.55. The highest BCUT2D eigenvalue weighted by Crippen LogP contribution is 2.16. The van der Waals surface area contributed by atoms with E-state index in [9.17, 15) is 4.79 Å². The first-order chi connectivity index (χ1) is 7.16. The van der Waals surface area contributed by atoms with Crippen LogP contribution >= 0.6 is 0 Å². The Bertz CT molecular complexity index is 385. The summed E-state index contributed by atoms with van der Waals surface area (Å²) in [5.41, 5.74) is 7.64. The lowest BCUT2D eigenvalue weighted by molar-refractivity contribution is -0.103. The van der Waals surface area contributed by atoms with Crippen LogP contribution in [0, 0.1) is 6.92 Å². The fourth-order valence-electron chi connectivity index (χ4n) is 1.41. The normalized spacial score (nSPS) is 15.8. The molecule has 1 aliphatic rings. The molecule has 1 saturated heterocycles. The lowest BCUT2D eigenvalue weighted by Gasteiger charge is -2.25. The van der Waals surface area contributed by atoms with Gasteiger partial charge < -0.3 is 15.2 Å². The van der Waals surface area contributed by atoms with Crippen LogP contribution in [-0.4, -0.2) is 25.3 Å². The maximum atomic E-state index is 11.7. The van der Waals surface area contributed by atoms with E-state index in [0.717, 1.165) is 5.56 Å². The molecule has 0 atom stereocenters. The molecule has 2 rings (SSSR count). The topological polar surface area (TPSA) is 61.6 Å². The lowest BCUT2D eigenvalue weighted by atomic mass is 10.1. The second kappa shape index (κ2) is 3.90. The Kier molecular flexibility index (Phi) is 2.60. The molecule has 4 nitrogen and oxygen atoms in total. The fraction of sp³-hybridized carbons (Fsp3) is 0.364. The summed E-state index contributed by atoms with van der Waals surface area (Å²) in [6.07, 6.45) is -0.0885. The van der Waals surface area contributed by atoms with Crippen LogP contribution in [0.3, 0.4) is 0 Å². The Labute approximate surface area is 88.0 Å². The van der Waals surface area contributed by atoms with Crippen molar-refractivity contribution in [1.82, 2.24) is 0 Å². The summed E-state index contributed by atoms with van der Waals surface area (Å²) in [4.78, 5) is 11.7. The van der Waals surface area contributed by atoms with Crippen LogP contribution in [0.4, 0.5) is 5.69 Å². The monoisotopic (exact) mass is 207 g/mol. The first-order valence-electron chi connectivity index (χ1n) is 4.81. The molecule has 1 heterocycles. The molecular weight excluding hydrogens is 194 g/mol. The standard InChI is InChI=1S/C11H13NO3/c1-7-4-8(12)2-3-10(7)11(13)15-9-5-14-6-9/h2-4,9H,5-6,12H2,1H3. The molecule has 0 unspecified atom stereocenters. The Morgan fingerprint density at radius 2 is 2.27 bits per heavy atom. The van der Waals surface area contributed by atoms with Crippen LogP contribution in [0.5, 0.6) is 0 Å². The Balaban J connectivity index is 2.10. The van der Waals surface area contributed by atoms with Gasteiger partial charge in [-0.2, -0.15) is 0 Å². The molecule has 0 aliphatic carbocycles. The summed E-state index contributed by atoms with van der Waals surface area (Å²) < 4.78 is 10.1. The van der Waals surface area contributed by atoms with Crippen molar-refractivity contribution < 1.29 is 14.3 Å². The lowest BCUT2D eigenvalue weighted by Crippen LogP contribution is -2.37. The minimum absolute atomic E-state index is 0.0885. The van der Waals surface area contributed by atoms with Gasteiger partial charge in [-0.15, -0.1) is 0 Å². The van der Waals surface area contributed by atoms with Crippen LogP contribution < -0.4 is 5.73 Å². The van der Waals surface area contributed by atoms with Gasteiger partial charge in [0.15, 0.2) is 0 Å². The number of hydrogen-bond acceptors (Lipinski definition) is 4. The molecule has 0 radical (unpaired) electrons. The van der Waals surface area contributed by atoms with E-state index in [2.05, 4.69) is 0 Å². The van der Waals surface area contributed by atoms with Crippen LogP contribution in [0.15, 0.2) is 18.2 Å². The number of esters is 1. The van der Waals surface area contributed by atoms with Gasteiger partial charge in [0.1, 0.15) is 6.10 Å². The smallest absolute Gasteiger partial charge is 0.338 e. The van der Waals surface area contributed by atoms with Crippen LogP contribution in [-0.2, 0) is 9.47 Å². The SMILES string of the molecule is Cc1cc(N)ccc1C(=O)OC1COC1. The van der Waals surface area contributed by atoms with Crippen molar-refractivity contribution in [3.05, 3.63) is 29.3 Å². The first-order valence-corrected chi connectivity index (χ1v) is 4.81. The summed E-state index contributed by atoms with van der Waals surface area (Å²) in [6.45, 7) is 2.84. The van der Waals surface area contributed by atoms with E-state index < -0.39 is 0 Å². The molecular formula is C11H13NO3. The van der Waals surface area contributed by atoms with E-state index >= 15 is 0 Å². The fourth-order valence-corrected chi connectivity index (χ4v) is 1.41. The predicted octanol–water partition coefficient (Wildman–Crippen LogP) is 1.13. The summed E-state index contributed by atoms with van der Waals surface area (Å²) in [6, 6.07) is 5.14. The molecule has 1 aromatic carbocycles. The van der Waals surface area contributed by atoms with Crippen LogP contribution in [0.1, 0.15) is 15.9 Å². The van der Waals surface area contributed by atoms with Crippen molar-refractivity contribution in [1.29, 1.82) is 0 Å². The predicted molar refractivity (Wildman–Crippen MR) is 55.6 cm³/mol. The Morgan fingerprint density at radius 1 is 1.53 bits per heavy atom. The molecule has 1 aromatic rings. The average molecular weight is 207 g/mol. The minimum atomic E-state index is -0.305. The maximum Gasteiger partial charge on any atom is 0.338 e. The van der Waals surface area contributed by atoms with Gasteiger partial charge in [-0.05, 0) is 30.7 Å². The molecule has 4 heteroatoms. The number of hydrogen-bond donors (Lipinski definition) is 1. The largest absolute Gasteiger partial charge is 0.454 e. The Morgan fingerprint density at radius 3 is 2.80 bits per heavy atom. The number of anilines is 1. The second-order valence-electron chi connectivity index (χ2n) is 3.64. The van der Waals surface area contributed by atoms with Gasteiger partial charge in [0.25, 0.3) is 0 Å². The third-order valence-electron chi connectivity index (χ3n) is 2.35. The van der Waals surface area contributed by atoms with Gasteiger partial charge in [0, 0.05) is 5.69 Å². The van der Waals surface area contributed by atoms with E-state index in [0.29, 0.717) is 24.5 Å². The molecule has 0 amide bonds. The van der Waals surface area contributed by atoms with Crippen molar-refractivity contribution in [2.45, 2.75) is 13.0 Å². The minimum Gasteiger partial charge on any atom is -0.454 e. The van der Waals surface area contributed by atoms with E-state index in [-0.39, 0.29) is 12.1 Å². The highest BCUT2D eigenvalue weighted by Gasteiger charge is 2.23. The summed E-state index contributed by atoms with van der Waals surface area (Å²) in [5.74, 6) is -0.305. The third kappa shape index (κ3) is 2.10. The van der Waals surface area contributed by atoms with E-state index in [1.807, 2.05) is 6.92 Å². The van der Waals surface area contributed by atoms with Crippen LogP contribution in [0.25, 0.3) is 0 Å². The molecule has 1 aliphatic heterocycles. The summed E-state index contributed by atoms with van der Waals surface area (Å²) in [7, 11) is 0. The number of benzene rings is 1. The number of ether oxygens (including phenoxy) is 2. The van der Waals surface area contributed by atoms with Crippen LogP contribution in [0.2, 0.25) is 0 Å². The van der Waals surface area contributed by atoms with Gasteiger partial charge in [0.05, 0.1) is 18.8 Å². The zero-order chi connectivity index (χ0) is 10.8. The number of carbonyl (C=O) groups is 1. The van der Waals surface area contributed by atoms with Crippen molar-refractivity contribution in [3.8, 4) is 0 Å². The van der Waals surface area contributed by atoms with Gasteiger partial charge in [0.2, 0.25) is 0 Å². The number of aryl methyl sites for hydroxylation is 1. The summed E-state index contributed by atoms with van der Waals surface area (Å²) in [5, 5.41) is 0. The second-order valence-corrected chi connectivity index (χ2v) is 3.64. The number of carbonyl (C=O) groups excluding carboxylic acids is 1. The zero-order valence-corrected chi connectivity index (χ0v) is 8.53. The third-order valence-corrected chi connectivity index (χ3v) is 2.35. The molecule has 2 N–H and O–H groups in total.